The summed E-state index contributed by atoms with van der Waals surface area (Å²) >= 11 is 0. The predicted molar refractivity (Wildman–Crippen MR) is 66.4 cm³/mol. The van der Waals surface area contributed by atoms with Crippen LogP contribution in [0.4, 0.5) is 0 Å². The van der Waals surface area contributed by atoms with Crippen molar-refractivity contribution in [3.8, 4) is 6.07 Å². The van der Waals surface area contributed by atoms with E-state index >= 15 is 0 Å². The molecule has 2 rings (SSSR count). The first-order valence-electron chi connectivity index (χ1n) is 6.15. The van der Waals surface area contributed by atoms with Crippen LogP contribution in [0.5, 0.6) is 0 Å². The van der Waals surface area contributed by atoms with Crippen molar-refractivity contribution in [3.05, 3.63) is 35.4 Å². The van der Waals surface area contributed by atoms with Crippen LogP contribution in [0.3, 0.4) is 0 Å². The number of nitrogens with one attached hydrogen (secondary N) is 1. The maximum atomic E-state index is 9.76. The molecule has 0 amide bonds. The van der Waals surface area contributed by atoms with Crippen LogP contribution in [-0.2, 0) is 0 Å². The Morgan fingerprint density at radius 1 is 1.35 bits per heavy atom. The lowest BCUT2D eigenvalue weighted by Crippen LogP contribution is -2.37. The summed E-state index contributed by atoms with van der Waals surface area (Å²) in [6, 6.07) is 10.1. The van der Waals surface area contributed by atoms with Gasteiger partial charge < -0.3 is 10.4 Å². The third-order valence-electron chi connectivity index (χ3n) is 3.48. The number of hydrogen-bond acceptors (Lipinski definition) is 3. The zero-order valence-electron chi connectivity index (χ0n) is 10.1. The first kappa shape index (κ1) is 12.1. The highest BCUT2D eigenvalue weighted by atomic mass is 16.3. The molecule has 17 heavy (non-hydrogen) atoms. The Morgan fingerprint density at radius 3 is 2.59 bits per heavy atom. The lowest BCUT2D eigenvalue weighted by molar-refractivity contribution is 0.144. The predicted octanol–water partition coefficient (Wildman–Crippen LogP) is 2.12. The summed E-state index contributed by atoms with van der Waals surface area (Å²) in [5.41, 5.74) is 1.84. The normalized spacial score (nSPS) is 25.5. The number of aliphatic hydroxyl groups is 1. The number of hydrogen-bond donors (Lipinski definition) is 2. The molecule has 0 saturated heterocycles. The molecular weight excluding hydrogens is 212 g/mol. The van der Waals surface area contributed by atoms with Gasteiger partial charge in [0.2, 0.25) is 0 Å². The number of benzene rings is 1. The van der Waals surface area contributed by atoms with E-state index < -0.39 is 0 Å². The first-order valence-corrected chi connectivity index (χ1v) is 6.15. The molecule has 1 aromatic carbocycles. The van der Waals surface area contributed by atoms with Crippen molar-refractivity contribution in [1.29, 1.82) is 5.26 Å². The molecule has 1 aliphatic carbocycles. The van der Waals surface area contributed by atoms with Gasteiger partial charge in [0.15, 0.2) is 0 Å². The van der Waals surface area contributed by atoms with E-state index in [2.05, 4.69) is 18.3 Å². The largest absolute Gasteiger partial charge is 0.392 e. The molecule has 1 fully saturated rings. The van der Waals surface area contributed by atoms with E-state index in [1.165, 1.54) is 0 Å². The van der Waals surface area contributed by atoms with Crippen LogP contribution in [0.1, 0.15) is 43.4 Å². The Hall–Kier alpha value is -1.37. The summed E-state index contributed by atoms with van der Waals surface area (Å²) in [7, 11) is 0. The van der Waals surface area contributed by atoms with Gasteiger partial charge in [0.1, 0.15) is 0 Å². The van der Waals surface area contributed by atoms with E-state index in [-0.39, 0.29) is 18.2 Å². The molecule has 2 N–H and O–H groups in total. The third-order valence-corrected chi connectivity index (χ3v) is 3.48. The summed E-state index contributed by atoms with van der Waals surface area (Å²) < 4.78 is 0. The molecule has 1 aromatic rings. The van der Waals surface area contributed by atoms with Crippen LogP contribution in [-0.4, -0.2) is 17.3 Å². The van der Waals surface area contributed by atoms with Crippen molar-refractivity contribution in [2.45, 2.75) is 44.4 Å². The molecule has 90 valence electrons. The van der Waals surface area contributed by atoms with Gasteiger partial charge in [0.25, 0.3) is 0 Å². The van der Waals surface area contributed by atoms with Gasteiger partial charge in [0, 0.05) is 12.1 Å². The van der Waals surface area contributed by atoms with Crippen molar-refractivity contribution >= 4 is 0 Å². The highest BCUT2D eigenvalue weighted by Crippen LogP contribution is 2.22. The molecule has 3 nitrogen and oxygen atoms in total. The van der Waals surface area contributed by atoms with E-state index in [4.69, 9.17) is 5.26 Å². The van der Waals surface area contributed by atoms with Crippen LogP contribution >= 0.6 is 0 Å². The van der Waals surface area contributed by atoms with Crippen LogP contribution < -0.4 is 5.32 Å². The molecule has 0 radical (unpaired) electrons. The Labute approximate surface area is 102 Å². The van der Waals surface area contributed by atoms with E-state index in [1.54, 1.807) is 0 Å². The smallest absolute Gasteiger partial charge is 0.0991 e. The van der Waals surface area contributed by atoms with Crippen molar-refractivity contribution in [1.82, 2.24) is 5.32 Å². The standard InChI is InChI=1S/C14H18N2O/c1-10(16-13-3-2-4-14(13)17)12-7-5-11(9-15)6-8-12/h5-8,10,13-14,16-17H,2-4H2,1H3/t10?,13-,14-/m0/s1. The quantitative estimate of drug-likeness (QED) is 0.836. The van der Waals surface area contributed by atoms with Gasteiger partial charge in [-0.05, 0) is 43.9 Å². The fraction of sp³-hybridized carbons (Fsp3) is 0.500. The van der Waals surface area contributed by atoms with Crippen molar-refractivity contribution in [2.75, 3.05) is 0 Å². The van der Waals surface area contributed by atoms with Crippen molar-refractivity contribution < 1.29 is 5.11 Å². The topological polar surface area (TPSA) is 56.0 Å². The minimum Gasteiger partial charge on any atom is -0.392 e. The van der Waals surface area contributed by atoms with Gasteiger partial charge in [-0.15, -0.1) is 0 Å². The molecule has 1 aliphatic rings. The van der Waals surface area contributed by atoms with Crippen LogP contribution in [0.2, 0.25) is 0 Å². The molecule has 1 saturated carbocycles. The van der Waals surface area contributed by atoms with E-state index in [1.807, 2.05) is 24.3 Å². The summed E-state index contributed by atoms with van der Waals surface area (Å²) in [5.74, 6) is 0. The lowest BCUT2D eigenvalue weighted by Gasteiger charge is -2.22. The Balaban J connectivity index is 1.99. The minimum absolute atomic E-state index is 0.209. The summed E-state index contributed by atoms with van der Waals surface area (Å²) in [6.07, 6.45) is 2.83. The second-order valence-corrected chi connectivity index (χ2v) is 4.73. The second-order valence-electron chi connectivity index (χ2n) is 4.73. The zero-order valence-corrected chi connectivity index (χ0v) is 10.1. The molecule has 1 unspecified atom stereocenters. The number of nitrogens with zero attached hydrogens (tertiary/aromatic N) is 1. The van der Waals surface area contributed by atoms with Gasteiger partial charge in [-0.2, -0.15) is 5.26 Å². The van der Waals surface area contributed by atoms with Crippen LogP contribution in [0.15, 0.2) is 24.3 Å². The van der Waals surface area contributed by atoms with Gasteiger partial charge in [-0.3, -0.25) is 0 Å². The molecule has 0 aromatic heterocycles. The van der Waals surface area contributed by atoms with E-state index in [0.29, 0.717) is 5.56 Å². The minimum atomic E-state index is -0.212. The summed E-state index contributed by atoms with van der Waals surface area (Å²) in [4.78, 5) is 0. The highest BCUT2D eigenvalue weighted by Gasteiger charge is 2.26. The molecule has 0 heterocycles. The summed E-state index contributed by atoms with van der Waals surface area (Å²) in [5, 5.41) is 21.9. The molecule has 3 heteroatoms. The first-order chi connectivity index (χ1) is 8.20. The van der Waals surface area contributed by atoms with Gasteiger partial charge >= 0.3 is 0 Å². The Morgan fingerprint density at radius 2 is 2.06 bits per heavy atom. The second kappa shape index (κ2) is 5.31. The molecule has 3 atom stereocenters. The molecule has 0 spiro atoms. The van der Waals surface area contributed by atoms with E-state index in [0.717, 1.165) is 24.8 Å². The van der Waals surface area contributed by atoms with Crippen LogP contribution in [0, 0.1) is 11.3 Å². The fourth-order valence-corrected chi connectivity index (χ4v) is 2.40. The average molecular weight is 230 g/mol. The zero-order chi connectivity index (χ0) is 12.3. The van der Waals surface area contributed by atoms with E-state index in [9.17, 15) is 5.11 Å². The maximum absolute atomic E-state index is 9.76. The molecule has 0 aliphatic heterocycles. The third kappa shape index (κ3) is 2.85. The number of aliphatic hydroxyl groups excluding tert-OH is 1. The lowest BCUT2D eigenvalue weighted by atomic mass is 10.0. The maximum Gasteiger partial charge on any atom is 0.0991 e. The Kier molecular flexibility index (Phi) is 3.78. The Bertz CT molecular complexity index is 407. The molecule has 0 bridgehead atoms. The number of rotatable bonds is 3. The van der Waals surface area contributed by atoms with Crippen molar-refractivity contribution in [2.24, 2.45) is 0 Å². The van der Waals surface area contributed by atoms with Crippen molar-refractivity contribution in [3.63, 3.8) is 0 Å². The van der Waals surface area contributed by atoms with Crippen LogP contribution in [0.25, 0.3) is 0 Å². The van der Waals surface area contributed by atoms with Gasteiger partial charge in [0.05, 0.1) is 17.7 Å². The molecular formula is C14H18N2O. The van der Waals surface area contributed by atoms with Gasteiger partial charge in [-0.1, -0.05) is 12.1 Å². The summed E-state index contributed by atoms with van der Waals surface area (Å²) in [6.45, 7) is 2.09. The van der Waals surface area contributed by atoms with Gasteiger partial charge in [-0.25, -0.2) is 0 Å². The average Bonchev–Trinajstić information content (AvgIpc) is 2.75. The monoisotopic (exact) mass is 230 g/mol. The fourth-order valence-electron chi connectivity index (χ4n) is 2.40. The number of nitriles is 1. The SMILES string of the molecule is CC(N[C@H]1CCC[C@@H]1O)c1ccc(C#N)cc1. The highest BCUT2D eigenvalue weighted by molar-refractivity contribution is 5.32.